The summed E-state index contributed by atoms with van der Waals surface area (Å²) in [6, 6.07) is 1.77. The Kier molecular flexibility index (Phi) is 8.31. The number of benzene rings is 2. The number of aromatic hydroxyl groups is 1. The first-order chi connectivity index (χ1) is 22.6. The molecule has 0 saturated carbocycles. The maximum Gasteiger partial charge on any atom is 0.354 e. The Labute approximate surface area is 280 Å². The Hall–Kier alpha value is -4.43. The maximum absolute atomic E-state index is 17.5. The summed E-state index contributed by atoms with van der Waals surface area (Å²) in [6.07, 6.45) is 2.46. The highest BCUT2D eigenvalue weighted by atomic mass is 35.5. The first-order valence-electron chi connectivity index (χ1n) is 15.3. The van der Waals surface area contributed by atoms with E-state index in [1.54, 1.807) is 11.8 Å². The van der Waals surface area contributed by atoms with Gasteiger partial charge in [-0.2, -0.15) is 4.98 Å². The van der Waals surface area contributed by atoms with Gasteiger partial charge in [0.1, 0.15) is 23.7 Å². The summed E-state index contributed by atoms with van der Waals surface area (Å²) >= 11 is 6.84. The van der Waals surface area contributed by atoms with Gasteiger partial charge in [0.05, 0.1) is 55.3 Å². The predicted octanol–water partition coefficient (Wildman–Crippen LogP) is 5.11. The van der Waals surface area contributed by atoms with E-state index in [-0.39, 0.29) is 41.8 Å². The van der Waals surface area contributed by atoms with Crippen LogP contribution in [0.5, 0.6) is 5.75 Å². The van der Waals surface area contributed by atoms with Crippen molar-refractivity contribution in [2.75, 3.05) is 23.7 Å². The van der Waals surface area contributed by atoms with Gasteiger partial charge in [-0.25, -0.2) is 32.0 Å². The molecule has 2 unspecified atom stereocenters. The van der Waals surface area contributed by atoms with Crippen LogP contribution in [0, 0.1) is 11.6 Å². The quantitative estimate of drug-likeness (QED) is 0.223. The van der Waals surface area contributed by atoms with Crippen LogP contribution in [-0.2, 0) is 14.6 Å². The number of rotatable bonds is 5. The van der Waals surface area contributed by atoms with Gasteiger partial charge in [0, 0.05) is 24.7 Å². The molecular formula is C33H33ClF2N6O5S. The van der Waals surface area contributed by atoms with Crippen LogP contribution in [0.3, 0.4) is 0 Å². The van der Waals surface area contributed by atoms with Crippen LogP contribution in [0.2, 0.25) is 5.02 Å². The number of nitrogens with zero attached hydrogens (tertiary/aromatic N) is 6. The molecule has 0 radical (unpaired) electrons. The number of halogens is 3. The highest BCUT2D eigenvalue weighted by molar-refractivity contribution is 7.91. The number of sulfone groups is 1. The maximum atomic E-state index is 17.5. The number of aromatic nitrogens is 4. The molecule has 1 amide bonds. The number of anilines is 1. The van der Waals surface area contributed by atoms with E-state index >= 15 is 8.78 Å². The molecule has 0 spiro atoms. The minimum atomic E-state index is -4.50. The van der Waals surface area contributed by atoms with E-state index in [4.69, 9.17) is 11.6 Å². The van der Waals surface area contributed by atoms with Crippen LogP contribution < -0.4 is 10.6 Å². The van der Waals surface area contributed by atoms with Crippen molar-refractivity contribution in [2.24, 2.45) is 0 Å². The lowest BCUT2D eigenvalue weighted by Gasteiger charge is -2.45. The van der Waals surface area contributed by atoms with Crippen LogP contribution in [0.15, 0.2) is 46.9 Å². The Bertz CT molecular complexity index is 2160. The standard InChI is InChI=1S/C33H33ClF2N6O5S/c1-7-21(44)40-11-17(6)41-18(12-40)13-48(46,47)31-24-29(26(36)23(25(31)34)22-19(35)9-8-10-20(22)43)42(33(45)39-32(24)41)30-27(15(2)3)37-14-38-28(30)16(4)5/h7-10,14-18,43H,1,11-13H2,2-6H3. The molecule has 252 valence electrons. The fraction of sp³-hybridized carbons (Fsp3) is 0.364. The molecule has 2 aromatic carbocycles. The predicted molar refractivity (Wildman–Crippen MR) is 178 cm³/mol. The summed E-state index contributed by atoms with van der Waals surface area (Å²) in [6.45, 7) is 12.6. The second-order valence-corrected chi connectivity index (χ2v) is 15.0. The van der Waals surface area contributed by atoms with Crippen LogP contribution in [0.4, 0.5) is 14.6 Å². The lowest BCUT2D eigenvalue weighted by molar-refractivity contribution is -0.127. The lowest BCUT2D eigenvalue weighted by atomic mass is 9.98. The molecule has 6 rings (SSSR count). The number of hydrogen-bond acceptors (Lipinski definition) is 9. The van der Waals surface area contributed by atoms with E-state index in [1.165, 1.54) is 17.3 Å². The molecule has 4 aromatic rings. The minimum absolute atomic E-state index is 0.0722. The van der Waals surface area contributed by atoms with Crippen molar-refractivity contribution >= 4 is 44.1 Å². The normalized spacial score (nSPS) is 18.7. The van der Waals surface area contributed by atoms with Gasteiger partial charge >= 0.3 is 5.69 Å². The summed E-state index contributed by atoms with van der Waals surface area (Å²) < 4.78 is 63.0. The number of phenols is 1. The summed E-state index contributed by atoms with van der Waals surface area (Å²) in [7, 11) is -4.50. The number of amides is 1. The van der Waals surface area contributed by atoms with Gasteiger partial charge in [-0.3, -0.25) is 9.36 Å². The van der Waals surface area contributed by atoms with Crippen LogP contribution >= 0.6 is 11.6 Å². The number of carbonyl (C=O) groups is 1. The molecular weight excluding hydrogens is 666 g/mol. The topological polar surface area (TPSA) is 139 Å². The molecule has 0 bridgehead atoms. The monoisotopic (exact) mass is 698 g/mol. The van der Waals surface area contributed by atoms with E-state index in [9.17, 15) is 23.1 Å². The summed E-state index contributed by atoms with van der Waals surface area (Å²) in [5.41, 5.74) is -2.11. The zero-order valence-electron chi connectivity index (χ0n) is 26.8. The first kappa shape index (κ1) is 33.5. The summed E-state index contributed by atoms with van der Waals surface area (Å²) in [5.74, 6) is -4.82. The van der Waals surface area contributed by atoms with Gasteiger partial charge in [-0.05, 0) is 37.0 Å². The van der Waals surface area contributed by atoms with Crippen LogP contribution in [0.1, 0.15) is 57.8 Å². The largest absolute Gasteiger partial charge is 0.507 e. The molecule has 2 aliphatic rings. The van der Waals surface area contributed by atoms with E-state index in [2.05, 4.69) is 21.5 Å². The van der Waals surface area contributed by atoms with Gasteiger partial charge in [-0.15, -0.1) is 0 Å². The Morgan fingerprint density at radius 1 is 1.10 bits per heavy atom. The minimum Gasteiger partial charge on any atom is -0.507 e. The molecule has 2 aromatic heterocycles. The van der Waals surface area contributed by atoms with E-state index < -0.39 is 83.2 Å². The lowest BCUT2D eigenvalue weighted by Crippen LogP contribution is -2.61. The van der Waals surface area contributed by atoms with Gasteiger partial charge in [0.2, 0.25) is 5.91 Å². The van der Waals surface area contributed by atoms with Gasteiger partial charge in [-0.1, -0.05) is 51.9 Å². The number of piperazine rings is 1. The van der Waals surface area contributed by atoms with E-state index in [1.807, 2.05) is 27.7 Å². The van der Waals surface area contributed by atoms with E-state index in [0.29, 0.717) is 11.4 Å². The zero-order valence-corrected chi connectivity index (χ0v) is 28.4. The second kappa shape index (κ2) is 11.9. The Balaban J connectivity index is 1.87. The SMILES string of the molecule is C=CC(=O)N1CC(C)N2c3nc(=O)n(-c4c(C(C)C)ncnc4C(C)C)c4c(F)c(-c5c(O)cccc5F)c(Cl)c(c34)S(=O)(=O)CC2C1. The van der Waals surface area contributed by atoms with Gasteiger partial charge < -0.3 is 14.9 Å². The molecule has 2 aliphatic heterocycles. The number of hydrogen-bond donors (Lipinski definition) is 1. The van der Waals surface area contributed by atoms with Crippen molar-refractivity contribution in [2.45, 2.75) is 63.4 Å². The number of phenolic OH excluding ortho intramolecular Hbond substituents is 1. The molecule has 0 aliphatic carbocycles. The fourth-order valence-electron chi connectivity index (χ4n) is 6.86. The van der Waals surface area contributed by atoms with E-state index in [0.717, 1.165) is 22.8 Å². The smallest absolute Gasteiger partial charge is 0.354 e. The van der Waals surface area contributed by atoms with Crippen molar-refractivity contribution in [3.05, 3.63) is 75.7 Å². The number of fused-ring (bicyclic) bond motifs is 2. The van der Waals surface area contributed by atoms with Gasteiger partial charge in [0.25, 0.3) is 0 Å². The van der Waals surface area contributed by atoms with Crippen molar-refractivity contribution in [1.82, 2.24) is 24.4 Å². The second-order valence-electron chi connectivity index (χ2n) is 12.7. The zero-order chi connectivity index (χ0) is 35.0. The third-order valence-electron chi connectivity index (χ3n) is 8.83. The third-order valence-corrected chi connectivity index (χ3v) is 11.2. The highest BCUT2D eigenvalue weighted by Crippen LogP contribution is 2.49. The van der Waals surface area contributed by atoms with Crippen LogP contribution in [-0.4, -0.2) is 74.8 Å². The molecule has 4 heterocycles. The molecule has 1 saturated heterocycles. The molecule has 11 nitrogen and oxygen atoms in total. The fourth-order valence-corrected chi connectivity index (χ4v) is 9.29. The summed E-state index contributed by atoms with van der Waals surface area (Å²) in [4.78, 5) is 42.8. The Morgan fingerprint density at radius 3 is 2.33 bits per heavy atom. The Morgan fingerprint density at radius 2 is 1.75 bits per heavy atom. The van der Waals surface area contributed by atoms with Crippen molar-refractivity contribution in [3.63, 3.8) is 0 Å². The average Bonchev–Trinajstić information content (AvgIpc) is 3.11. The molecule has 1 fully saturated rings. The van der Waals surface area contributed by atoms with Crippen LogP contribution in [0.25, 0.3) is 27.7 Å². The van der Waals surface area contributed by atoms with Gasteiger partial charge in [0.15, 0.2) is 15.7 Å². The van der Waals surface area contributed by atoms with Crippen molar-refractivity contribution in [3.8, 4) is 22.6 Å². The average molecular weight is 699 g/mol. The highest BCUT2D eigenvalue weighted by Gasteiger charge is 2.45. The molecule has 1 N–H and O–H groups in total. The molecule has 2 atom stereocenters. The summed E-state index contributed by atoms with van der Waals surface area (Å²) in [5, 5.41) is 9.82. The molecule has 15 heteroatoms. The molecule has 48 heavy (non-hydrogen) atoms. The van der Waals surface area contributed by atoms with Crippen molar-refractivity contribution < 1.29 is 27.1 Å². The van der Waals surface area contributed by atoms with Crippen molar-refractivity contribution in [1.29, 1.82) is 0 Å². The first-order valence-corrected chi connectivity index (χ1v) is 17.4. The number of carbonyl (C=O) groups excluding carboxylic acids is 1. The third kappa shape index (κ3) is 5.04.